The number of carbonyl (C=O) groups excluding carboxylic acids is 2. The second-order valence-corrected chi connectivity index (χ2v) is 10.5. The highest BCUT2D eigenvalue weighted by molar-refractivity contribution is 7.12. The second-order valence-electron chi connectivity index (χ2n) is 9.07. The Balaban J connectivity index is 1.72. The number of nitrogens with zero attached hydrogens (tertiary/aromatic N) is 5. The van der Waals surface area contributed by atoms with Crippen molar-refractivity contribution in [2.45, 2.75) is 47.6 Å². The van der Waals surface area contributed by atoms with Crippen molar-refractivity contribution in [2.75, 3.05) is 26.2 Å². The molecule has 7 nitrogen and oxygen atoms in total. The van der Waals surface area contributed by atoms with Gasteiger partial charge in [0.1, 0.15) is 0 Å². The lowest BCUT2D eigenvalue weighted by atomic mass is 10.1. The molecule has 0 aromatic carbocycles. The van der Waals surface area contributed by atoms with Crippen LogP contribution in [0.5, 0.6) is 0 Å². The number of pyridine rings is 1. The van der Waals surface area contributed by atoms with Gasteiger partial charge in [-0.3, -0.25) is 9.59 Å². The molecule has 3 aromatic heterocycles. The van der Waals surface area contributed by atoms with Crippen molar-refractivity contribution in [3.05, 3.63) is 33.6 Å². The number of aromatic nitrogens is 3. The molecule has 1 aliphatic heterocycles. The zero-order valence-corrected chi connectivity index (χ0v) is 20.5. The summed E-state index contributed by atoms with van der Waals surface area (Å²) in [5.74, 6) is 0.0919. The fraction of sp³-hybridized carbons (Fsp3) is 0.500. The summed E-state index contributed by atoms with van der Waals surface area (Å²) in [6.45, 7) is 14.3. The van der Waals surface area contributed by atoms with Crippen molar-refractivity contribution < 1.29 is 9.59 Å². The van der Waals surface area contributed by atoms with Gasteiger partial charge in [-0.05, 0) is 39.8 Å². The van der Waals surface area contributed by atoms with Crippen molar-refractivity contribution >= 4 is 34.2 Å². The predicted molar refractivity (Wildman–Crippen MR) is 128 cm³/mol. The van der Waals surface area contributed by atoms with Crippen LogP contribution in [0.1, 0.15) is 53.8 Å². The summed E-state index contributed by atoms with van der Waals surface area (Å²) in [6.07, 6.45) is 1.75. The Labute approximate surface area is 193 Å². The third kappa shape index (κ3) is 4.03. The molecule has 32 heavy (non-hydrogen) atoms. The third-order valence-electron chi connectivity index (χ3n) is 5.98. The molecule has 0 spiro atoms. The van der Waals surface area contributed by atoms with Gasteiger partial charge in [-0.1, -0.05) is 13.8 Å². The van der Waals surface area contributed by atoms with Gasteiger partial charge in [-0.25, -0.2) is 9.67 Å². The standard InChI is InChI=1S/C24H31N5O2S/c1-14(2)23(30)27-7-9-28(10-8-27)24(31)19-12-21(18-11-16(5)32-17(18)6)26-22-20(19)13-25-29(22)15(3)4/h11-15H,7-10H2,1-6H3. The van der Waals surface area contributed by atoms with Crippen LogP contribution in [0.4, 0.5) is 0 Å². The van der Waals surface area contributed by atoms with Gasteiger partial charge in [0.25, 0.3) is 5.91 Å². The maximum absolute atomic E-state index is 13.6. The predicted octanol–water partition coefficient (Wildman–Crippen LogP) is 4.30. The smallest absolute Gasteiger partial charge is 0.254 e. The normalized spacial score (nSPS) is 14.8. The maximum Gasteiger partial charge on any atom is 0.254 e. The molecule has 0 atom stereocenters. The largest absolute Gasteiger partial charge is 0.339 e. The number of piperazine rings is 1. The van der Waals surface area contributed by atoms with Crippen molar-refractivity contribution in [3.8, 4) is 11.3 Å². The summed E-state index contributed by atoms with van der Waals surface area (Å²) in [6, 6.07) is 4.18. The Morgan fingerprint density at radius 2 is 1.66 bits per heavy atom. The number of fused-ring (bicyclic) bond motifs is 1. The number of hydrogen-bond donors (Lipinski definition) is 0. The van der Waals surface area contributed by atoms with Gasteiger partial charge >= 0.3 is 0 Å². The molecule has 4 heterocycles. The van der Waals surface area contributed by atoms with Gasteiger partial charge in [0, 0.05) is 53.5 Å². The highest BCUT2D eigenvalue weighted by Crippen LogP contribution is 2.33. The fourth-order valence-corrected chi connectivity index (χ4v) is 5.19. The Bertz CT molecular complexity index is 1170. The van der Waals surface area contributed by atoms with Crippen molar-refractivity contribution in [2.24, 2.45) is 5.92 Å². The molecular formula is C24H31N5O2S. The first-order chi connectivity index (χ1) is 15.2. The Morgan fingerprint density at radius 3 is 2.22 bits per heavy atom. The molecule has 0 saturated carbocycles. The van der Waals surface area contributed by atoms with E-state index in [1.807, 2.05) is 34.4 Å². The summed E-state index contributed by atoms with van der Waals surface area (Å²) in [5.41, 5.74) is 3.23. The molecule has 0 bridgehead atoms. The lowest BCUT2D eigenvalue weighted by Crippen LogP contribution is -2.51. The molecule has 8 heteroatoms. The second kappa shape index (κ2) is 8.65. The van der Waals surface area contributed by atoms with E-state index in [4.69, 9.17) is 4.98 Å². The van der Waals surface area contributed by atoms with E-state index in [0.29, 0.717) is 31.7 Å². The number of thiophene rings is 1. The van der Waals surface area contributed by atoms with E-state index >= 15 is 0 Å². The van der Waals surface area contributed by atoms with Crippen molar-refractivity contribution in [1.82, 2.24) is 24.6 Å². The minimum Gasteiger partial charge on any atom is -0.339 e. The van der Waals surface area contributed by atoms with E-state index < -0.39 is 0 Å². The molecule has 3 aromatic rings. The molecule has 1 aliphatic rings. The molecule has 0 radical (unpaired) electrons. The number of aryl methyl sites for hydroxylation is 2. The SMILES string of the molecule is Cc1cc(-c2cc(C(=O)N3CCN(C(=O)C(C)C)CC3)c3cnn(C(C)C)c3n2)c(C)s1. The molecule has 2 amide bonds. The van der Waals surface area contributed by atoms with Gasteiger partial charge in [0.05, 0.1) is 22.8 Å². The van der Waals surface area contributed by atoms with Gasteiger partial charge in [-0.15, -0.1) is 11.3 Å². The van der Waals surface area contributed by atoms with Crippen LogP contribution >= 0.6 is 11.3 Å². The minimum absolute atomic E-state index is 0.0248. The van der Waals surface area contributed by atoms with Crippen LogP contribution in [0.2, 0.25) is 0 Å². The van der Waals surface area contributed by atoms with Crippen LogP contribution < -0.4 is 0 Å². The summed E-state index contributed by atoms with van der Waals surface area (Å²) in [4.78, 5) is 37.0. The van der Waals surface area contributed by atoms with Gasteiger partial charge in [-0.2, -0.15) is 5.10 Å². The zero-order valence-electron chi connectivity index (χ0n) is 19.7. The number of amides is 2. The van der Waals surface area contributed by atoms with E-state index in [0.717, 1.165) is 22.3 Å². The lowest BCUT2D eigenvalue weighted by molar-refractivity contribution is -0.135. The minimum atomic E-state index is -0.0289. The topological polar surface area (TPSA) is 71.3 Å². The van der Waals surface area contributed by atoms with Gasteiger partial charge in [0.15, 0.2) is 5.65 Å². The Morgan fingerprint density at radius 1 is 1.00 bits per heavy atom. The van der Waals surface area contributed by atoms with Crippen LogP contribution in [-0.2, 0) is 4.79 Å². The van der Waals surface area contributed by atoms with Crippen LogP contribution in [0.15, 0.2) is 18.3 Å². The zero-order chi connectivity index (χ0) is 23.2. The van der Waals surface area contributed by atoms with Crippen molar-refractivity contribution in [3.63, 3.8) is 0 Å². The average molecular weight is 454 g/mol. The van der Waals surface area contributed by atoms with E-state index in [2.05, 4.69) is 38.9 Å². The molecule has 1 saturated heterocycles. The van der Waals surface area contributed by atoms with Gasteiger partial charge in [0.2, 0.25) is 5.91 Å². The first-order valence-electron chi connectivity index (χ1n) is 11.2. The Hall–Kier alpha value is -2.74. The molecule has 0 N–H and O–H groups in total. The summed E-state index contributed by atoms with van der Waals surface area (Å²) in [5, 5.41) is 5.31. The van der Waals surface area contributed by atoms with Crippen LogP contribution in [0.3, 0.4) is 0 Å². The summed E-state index contributed by atoms with van der Waals surface area (Å²) < 4.78 is 1.88. The molecule has 1 fully saturated rings. The van der Waals surface area contributed by atoms with Crippen LogP contribution in [-0.4, -0.2) is 62.6 Å². The van der Waals surface area contributed by atoms with E-state index in [1.54, 1.807) is 17.5 Å². The highest BCUT2D eigenvalue weighted by Gasteiger charge is 2.28. The van der Waals surface area contributed by atoms with Gasteiger partial charge < -0.3 is 9.80 Å². The molecule has 4 rings (SSSR count). The van der Waals surface area contributed by atoms with E-state index in [9.17, 15) is 9.59 Å². The molecule has 0 unspecified atom stereocenters. The third-order valence-corrected chi connectivity index (χ3v) is 6.94. The average Bonchev–Trinajstić information content (AvgIpc) is 3.34. The quantitative estimate of drug-likeness (QED) is 0.591. The van der Waals surface area contributed by atoms with Crippen molar-refractivity contribution in [1.29, 1.82) is 0 Å². The summed E-state index contributed by atoms with van der Waals surface area (Å²) in [7, 11) is 0. The number of carbonyl (C=O) groups is 2. The lowest BCUT2D eigenvalue weighted by Gasteiger charge is -2.35. The molecular weight excluding hydrogens is 422 g/mol. The Kier molecular flexibility index (Phi) is 6.07. The molecule has 170 valence electrons. The highest BCUT2D eigenvalue weighted by atomic mass is 32.1. The monoisotopic (exact) mass is 453 g/mol. The first kappa shape index (κ1) is 22.5. The fourth-order valence-electron chi connectivity index (χ4n) is 4.26. The maximum atomic E-state index is 13.6. The van der Waals surface area contributed by atoms with E-state index in [1.165, 1.54) is 9.75 Å². The number of hydrogen-bond acceptors (Lipinski definition) is 5. The van der Waals surface area contributed by atoms with Crippen LogP contribution in [0, 0.1) is 19.8 Å². The van der Waals surface area contributed by atoms with Crippen LogP contribution in [0.25, 0.3) is 22.3 Å². The summed E-state index contributed by atoms with van der Waals surface area (Å²) >= 11 is 1.73. The number of rotatable bonds is 4. The molecule has 0 aliphatic carbocycles. The first-order valence-corrected chi connectivity index (χ1v) is 12.0. The van der Waals surface area contributed by atoms with E-state index in [-0.39, 0.29) is 23.8 Å².